The summed E-state index contributed by atoms with van der Waals surface area (Å²) < 4.78 is 8.31. The van der Waals surface area contributed by atoms with Crippen LogP contribution in [-0.2, 0) is 6.54 Å². The van der Waals surface area contributed by atoms with E-state index in [0.29, 0.717) is 0 Å². The molecule has 1 aromatic carbocycles. The number of methoxy groups -OCH3 is 1. The van der Waals surface area contributed by atoms with E-state index >= 15 is 0 Å². The van der Waals surface area contributed by atoms with Gasteiger partial charge in [0.1, 0.15) is 9.45 Å². The van der Waals surface area contributed by atoms with Crippen molar-refractivity contribution in [3.63, 3.8) is 0 Å². The fourth-order valence-electron chi connectivity index (χ4n) is 1.48. The minimum absolute atomic E-state index is 0.802. The molecule has 4 heteroatoms. The number of aromatic nitrogens is 2. The minimum Gasteiger partial charge on any atom is -0.497 e. The Bertz CT molecular complexity index is 476. The molecule has 1 aromatic heterocycles. The van der Waals surface area contributed by atoms with Gasteiger partial charge in [0.2, 0.25) is 0 Å². The van der Waals surface area contributed by atoms with Crippen LogP contribution in [0.3, 0.4) is 0 Å². The number of halogens is 1. The summed E-state index contributed by atoms with van der Waals surface area (Å²) >= 11 is 2.32. The average Bonchev–Trinajstić information content (AvgIpc) is 2.62. The molecule has 0 bridgehead atoms. The van der Waals surface area contributed by atoms with Gasteiger partial charge in [-0.15, -0.1) is 0 Å². The second-order valence-electron chi connectivity index (χ2n) is 3.62. The molecule has 0 spiro atoms. The lowest BCUT2D eigenvalue weighted by atomic mass is 10.2. The lowest BCUT2D eigenvalue weighted by Gasteiger charge is -2.05. The van der Waals surface area contributed by atoms with Crippen LogP contribution in [0.15, 0.2) is 30.5 Å². The lowest BCUT2D eigenvalue weighted by Crippen LogP contribution is -2.03. The number of aryl methyl sites for hydroxylation is 1. The molecule has 84 valence electrons. The summed E-state index contributed by atoms with van der Waals surface area (Å²) in [5.41, 5.74) is 2.44. The lowest BCUT2D eigenvalue weighted by molar-refractivity contribution is 0.414. The normalized spacial score (nSPS) is 10.4. The molecule has 1 heterocycles. The Morgan fingerprint density at radius 1 is 1.31 bits per heavy atom. The molecule has 0 unspecified atom stereocenters. The summed E-state index contributed by atoms with van der Waals surface area (Å²) in [5.74, 6) is 0.884. The zero-order valence-corrected chi connectivity index (χ0v) is 11.4. The molecule has 16 heavy (non-hydrogen) atoms. The highest BCUT2D eigenvalue weighted by molar-refractivity contribution is 14.1. The molecule has 0 N–H and O–H groups in total. The van der Waals surface area contributed by atoms with Gasteiger partial charge in [-0.1, -0.05) is 12.1 Å². The van der Waals surface area contributed by atoms with E-state index in [0.717, 1.165) is 12.3 Å². The molecule has 0 radical (unpaired) electrons. The van der Waals surface area contributed by atoms with Crippen molar-refractivity contribution in [2.45, 2.75) is 13.5 Å². The summed E-state index contributed by atoms with van der Waals surface area (Å²) in [5, 5.41) is 4.33. The van der Waals surface area contributed by atoms with Crippen LogP contribution in [0.2, 0.25) is 0 Å². The number of nitrogens with zero attached hydrogens (tertiary/aromatic N) is 2. The first-order chi connectivity index (χ1) is 7.70. The zero-order valence-electron chi connectivity index (χ0n) is 9.27. The van der Waals surface area contributed by atoms with Crippen LogP contribution in [0.1, 0.15) is 11.1 Å². The van der Waals surface area contributed by atoms with Crippen LogP contribution in [0.25, 0.3) is 0 Å². The van der Waals surface area contributed by atoms with E-state index in [4.69, 9.17) is 4.74 Å². The van der Waals surface area contributed by atoms with Crippen LogP contribution in [0.4, 0.5) is 0 Å². The smallest absolute Gasteiger partial charge is 0.118 e. The predicted molar refractivity (Wildman–Crippen MR) is 71.8 cm³/mol. The summed E-state index contributed by atoms with van der Waals surface area (Å²) in [6.45, 7) is 2.87. The van der Waals surface area contributed by atoms with Gasteiger partial charge in [-0.25, -0.2) is 0 Å². The third-order valence-corrected chi connectivity index (χ3v) is 3.84. The Morgan fingerprint density at radius 2 is 2.00 bits per heavy atom. The van der Waals surface area contributed by atoms with Gasteiger partial charge in [0.15, 0.2) is 0 Å². The second kappa shape index (κ2) is 4.86. The topological polar surface area (TPSA) is 27.1 Å². The first-order valence-electron chi connectivity index (χ1n) is 5.01. The quantitative estimate of drug-likeness (QED) is 0.810. The van der Waals surface area contributed by atoms with E-state index in [2.05, 4.69) is 46.7 Å². The molecule has 2 aromatic rings. The molecular formula is C12H13IN2O. The van der Waals surface area contributed by atoms with E-state index in [1.165, 1.54) is 14.8 Å². The Hall–Kier alpha value is -1.04. The third-order valence-electron chi connectivity index (χ3n) is 2.43. The van der Waals surface area contributed by atoms with Crippen molar-refractivity contribution in [3.05, 3.63) is 45.3 Å². The van der Waals surface area contributed by atoms with Gasteiger partial charge >= 0.3 is 0 Å². The fraction of sp³-hybridized carbons (Fsp3) is 0.250. The predicted octanol–water partition coefficient (Wildman–Crippen LogP) is 2.85. The Balaban J connectivity index is 2.17. The first kappa shape index (κ1) is 11.4. The van der Waals surface area contributed by atoms with Gasteiger partial charge in [-0.2, -0.15) is 5.10 Å². The summed E-state index contributed by atoms with van der Waals surface area (Å²) in [6, 6.07) is 8.06. The standard InChI is InChI=1S/C12H13IN2O/c1-9-7-14-15(12(9)13)8-10-3-5-11(16-2)6-4-10/h3-7H,8H2,1-2H3. The molecule has 3 nitrogen and oxygen atoms in total. The van der Waals surface area contributed by atoms with Crippen LogP contribution in [0.5, 0.6) is 5.75 Å². The van der Waals surface area contributed by atoms with Crippen LogP contribution >= 0.6 is 22.6 Å². The summed E-state index contributed by atoms with van der Waals surface area (Å²) in [4.78, 5) is 0. The molecule has 0 saturated carbocycles. The number of benzene rings is 1. The monoisotopic (exact) mass is 328 g/mol. The largest absolute Gasteiger partial charge is 0.497 e. The van der Waals surface area contributed by atoms with Crippen molar-refractivity contribution < 1.29 is 4.74 Å². The van der Waals surface area contributed by atoms with Crippen molar-refractivity contribution in [3.8, 4) is 5.75 Å². The van der Waals surface area contributed by atoms with Crippen molar-refractivity contribution in [2.75, 3.05) is 7.11 Å². The van der Waals surface area contributed by atoms with E-state index in [1.807, 2.05) is 23.0 Å². The molecule has 0 aliphatic rings. The highest BCUT2D eigenvalue weighted by Gasteiger charge is 2.04. The maximum absolute atomic E-state index is 5.12. The van der Waals surface area contributed by atoms with Gasteiger partial charge in [0.05, 0.1) is 19.9 Å². The van der Waals surface area contributed by atoms with Gasteiger partial charge < -0.3 is 4.74 Å². The highest BCUT2D eigenvalue weighted by atomic mass is 127. The zero-order chi connectivity index (χ0) is 11.5. The van der Waals surface area contributed by atoms with Crippen LogP contribution < -0.4 is 4.74 Å². The second-order valence-corrected chi connectivity index (χ2v) is 4.65. The number of hydrogen-bond donors (Lipinski definition) is 0. The highest BCUT2D eigenvalue weighted by Crippen LogP contribution is 2.15. The summed E-state index contributed by atoms with van der Waals surface area (Å²) in [6.07, 6.45) is 1.89. The van der Waals surface area contributed by atoms with E-state index in [-0.39, 0.29) is 0 Å². The van der Waals surface area contributed by atoms with Gasteiger partial charge in [-0.3, -0.25) is 4.68 Å². The summed E-state index contributed by atoms with van der Waals surface area (Å²) in [7, 11) is 1.68. The minimum atomic E-state index is 0.802. The maximum Gasteiger partial charge on any atom is 0.118 e. The van der Waals surface area contributed by atoms with Gasteiger partial charge in [0.25, 0.3) is 0 Å². The van der Waals surface area contributed by atoms with E-state index < -0.39 is 0 Å². The van der Waals surface area contributed by atoms with Crippen molar-refractivity contribution >= 4 is 22.6 Å². The molecule has 0 amide bonds. The van der Waals surface area contributed by atoms with Crippen molar-refractivity contribution in [2.24, 2.45) is 0 Å². The molecule has 0 atom stereocenters. The third kappa shape index (κ3) is 2.37. The Labute approximate surface area is 109 Å². The van der Waals surface area contributed by atoms with Gasteiger partial charge in [-0.05, 0) is 47.2 Å². The molecule has 0 aliphatic carbocycles. The maximum atomic E-state index is 5.12. The van der Waals surface area contributed by atoms with Gasteiger partial charge in [0, 0.05) is 5.56 Å². The first-order valence-corrected chi connectivity index (χ1v) is 6.09. The molecule has 0 aliphatic heterocycles. The fourth-order valence-corrected chi connectivity index (χ4v) is 1.91. The molecule has 0 fully saturated rings. The number of rotatable bonds is 3. The molecule has 2 rings (SSSR count). The Morgan fingerprint density at radius 3 is 2.50 bits per heavy atom. The van der Waals surface area contributed by atoms with E-state index in [9.17, 15) is 0 Å². The molecular weight excluding hydrogens is 315 g/mol. The average molecular weight is 328 g/mol. The van der Waals surface area contributed by atoms with Crippen molar-refractivity contribution in [1.82, 2.24) is 9.78 Å². The van der Waals surface area contributed by atoms with Crippen LogP contribution in [0, 0.1) is 10.6 Å². The number of ether oxygens (including phenoxy) is 1. The van der Waals surface area contributed by atoms with Crippen LogP contribution in [-0.4, -0.2) is 16.9 Å². The Kier molecular flexibility index (Phi) is 3.48. The van der Waals surface area contributed by atoms with Crippen molar-refractivity contribution in [1.29, 1.82) is 0 Å². The SMILES string of the molecule is COc1ccc(Cn2ncc(C)c2I)cc1. The number of hydrogen-bond acceptors (Lipinski definition) is 2. The molecule has 0 saturated heterocycles. The van der Waals surface area contributed by atoms with E-state index in [1.54, 1.807) is 7.11 Å².